The van der Waals surface area contributed by atoms with Crippen LogP contribution >= 0.6 is 0 Å². The lowest BCUT2D eigenvalue weighted by Gasteiger charge is -2.32. The van der Waals surface area contributed by atoms with Gasteiger partial charge in [-0.15, -0.1) is 0 Å². The zero-order valence-corrected chi connectivity index (χ0v) is 48.8. The number of nitrogens with zero attached hydrogens (tertiary/aromatic N) is 1. The molecule has 1 fully saturated rings. The van der Waals surface area contributed by atoms with Crippen molar-refractivity contribution in [3.05, 3.63) is 35.9 Å². The molecule has 466 valence electrons. The first kappa shape index (κ1) is 71.8. The molecule has 0 aromatic heterocycles. The first-order valence-electron chi connectivity index (χ1n) is 28.5. The van der Waals surface area contributed by atoms with Crippen molar-refractivity contribution in [2.24, 2.45) is 40.7 Å². The van der Waals surface area contributed by atoms with Gasteiger partial charge < -0.3 is 85.7 Å². The molecule has 28 heteroatoms. The van der Waals surface area contributed by atoms with Crippen LogP contribution in [0.1, 0.15) is 131 Å². The molecular formula is C55H91N13O15. The topological polar surface area (TPSA) is 469 Å². The van der Waals surface area contributed by atoms with E-state index in [1.54, 1.807) is 71.9 Å². The van der Waals surface area contributed by atoms with Crippen LogP contribution in [0.5, 0.6) is 0 Å². The summed E-state index contributed by atoms with van der Waals surface area (Å²) in [4.78, 5) is 162. The third-order valence-corrected chi connectivity index (χ3v) is 14.5. The molecule has 1 aromatic rings. The number of aliphatic carboxylic acids is 2. The van der Waals surface area contributed by atoms with E-state index in [1.807, 2.05) is 0 Å². The van der Waals surface area contributed by atoms with Crippen LogP contribution in [0.2, 0.25) is 0 Å². The number of nitrogens with one attached hydrogen (secondary N) is 8. The van der Waals surface area contributed by atoms with Crippen LogP contribution in [-0.4, -0.2) is 177 Å². The van der Waals surface area contributed by atoms with Crippen molar-refractivity contribution in [3.8, 4) is 0 Å². The van der Waals surface area contributed by atoms with Gasteiger partial charge in [0, 0.05) is 13.0 Å². The van der Waals surface area contributed by atoms with E-state index in [0.29, 0.717) is 37.7 Å². The second kappa shape index (κ2) is 36.3. The number of benzene rings is 1. The number of primary amides is 1. The van der Waals surface area contributed by atoms with Gasteiger partial charge in [-0.1, -0.05) is 84.7 Å². The molecule has 0 aliphatic carbocycles. The van der Waals surface area contributed by atoms with Crippen molar-refractivity contribution in [2.45, 2.75) is 198 Å². The van der Waals surface area contributed by atoms with Gasteiger partial charge >= 0.3 is 11.9 Å². The molecule has 1 aliphatic rings. The average molecular weight is 1170 g/mol. The summed E-state index contributed by atoms with van der Waals surface area (Å²) in [7, 11) is 0. The predicted octanol–water partition coefficient (Wildman–Crippen LogP) is -2.75. The standard InChI is InChI=1S/C55H91N13O15/c1-8-30(5)43(65-46(73)34(58)27-41(71)72)51(78)60-35(20-13-15-23-56)47(74)67-45(32(7)69)53(80)62-37(28-40(59)70)48(75)61-36(21-14-16-24-57)54(81)68-25-17-22-39(68)49(76)64-42(29(3)4)50(77)66-44(31(6)9-2)52(79)63-38(55(82)83)26-33-18-11-10-12-19-33/h10-12,18-19,29-32,34-39,42-45,69H,8-9,13-17,20-28,56-58H2,1-7H3,(H2,59,70)(H,60,78)(H,61,75)(H,62,80)(H,63,79)(H,64,76)(H,65,73)(H,66,77)(H,67,74)(H,71,72)(H,82,83)/t30-,31-,32+,34-,35-,36-,37-,38-,39-,42-,43-,44-,45-/m0/s1. The summed E-state index contributed by atoms with van der Waals surface area (Å²) in [6, 6.07) is -5.47. The van der Waals surface area contributed by atoms with Gasteiger partial charge in [0.1, 0.15) is 54.4 Å². The highest BCUT2D eigenvalue weighted by atomic mass is 16.4. The molecule has 0 spiro atoms. The van der Waals surface area contributed by atoms with Gasteiger partial charge in [0.25, 0.3) is 0 Å². The third kappa shape index (κ3) is 23.8. The smallest absolute Gasteiger partial charge is 0.326 e. The van der Waals surface area contributed by atoms with Crippen molar-refractivity contribution in [2.75, 3.05) is 19.6 Å². The van der Waals surface area contributed by atoms with E-state index in [9.17, 15) is 67.7 Å². The highest BCUT2D eigenvalue weighted by molar-refractivity contribution is 6.00. The lowest BCUT2D eigenvalue weighted by atomic mass is 9.95. The van der Waals surface area contributed by atoms with Crippen molar-refractivity contribution < 1.29 is 72.9 Å². The summed E-state index contributed by atoms with van der Waals surface area (Å²) in [6.45, 7) is 11.8. The van der Waals surface area contributed by atoms with Crippen LogP contribution in [0.15, 0.2) is 30.3 Å². The number of carboxylic acids is 2. The molecule has 19 N–H and O–H groups in total. The minimum Gasteiger partial charge on any atom is -0.481 e. The number of aliphatic hydroxyl groups is 1. The van der Waals surface area contributed by atoms with Crippen LogP contribution in [0, 0.1) is 17.8 Å². The molecule has 2 rings (SSSR count). The van der Waals surface area contributed by atoms with E-state index in [4.69, 9.17) is 28.0 Å². The Morgan fingerprint density at radius 2 is 1.05 bits per heavy atom. The second-order valence-electron chi connectivity index (χ2n) is 21.6. The monoisotopic (exact) mass is 1170 g/mol. The number of carboxylic acid groups (broad SMARTS) is 2. The number of likely N-dealkylation sites (tertiary alicyclic amines) is 1. The van der Waals surface area contributed by atoms with E-state index in [1.165, 1.54) is 4.90 Å². The van der Waals surface area contributed by atoms with E-state index >= 15 is 0 Å². The van der Waals surface area contributed by atoms with E-state index < -0.39 is 168 Å². The maximum absolute atomic E-state index is 14.6. The van der Waals surface area contributed by atoms with Gasteiger partial charge in [-0.3, -0.25) is 52.7 Å². The van der Waals surface area contributed by atoms with Gasteiger partial charge in [0.2, 0.25) is 59.1 Å². The van der Waals surface area contributed by atoms with E-state index in [0.717, 1.165) is 6.92 Å². The minimum atomic E-state index is -1.84. The summed E-state index contributed by atoms with van der Waals surface area (Å²) in [5, 5.41) is 50.2. The Hall–Kier alpha value is -7.30. The molecule has 0 bridgehead atoms. The number of rotatable bonds is 38. The van der Waals surface area contributed by atoms with Crippen molar-refractivity contribution in [3.63, 3.8) is 0 Å². The van der Waals surface area contributed by atoms with Crippen LogP contribution in [-0.2, 0) is 64.0 Å². The number of carbonyl (C=O) groups is 12. The largest absolute Gasteiger partial charge is 0.481 e. The fraction of sp³-hybridized carbons (Fsp3) is 0.673. The Bertz CT molecular complexity index is 2360. The lowest BCUT2D eigenvalue weighted by Crippen LogP contribution is -2.62. The molecule has 1 saturated heterocycles. The zero-order valence-electron chi connectivity index (χ0n) is 48.8. The summed E-state index contributed by atoms with van der Waals surface area (Å²) in [6.07, 6.45) is -0.739. The van der Waals surface area contributed by atoms with Gasteiger partial charge in [-0.05, 0) is 94.7 Å². The fourth-order valence-electron chi connectivity index (χ4n) is 9.16. The van der Waals surface area contributed by atoms with Gasteiger partial charge in [-0.25, -0.2) is 4.79 Å². The Morgan fingerprint density at radius 1 is 0.578 bits per heavy atom. The molecule has 83 heavy (non-hydrogen) atoms. The molecule has 13 atom stereocenters. The Labute approximate surface area is 484 Å². The SMILES string of the molecule is CC[C@H](C)[C@H](NC(=O)[C@@H](NC(=O)[C@@H]1CCCN1C(=O)[C@H](CCCCN)NC(=O)[C@H](CC(N)=O)NC(=O)[C@@H](NC(=O)[C@H](CCCCN)NC(=O)[C@@H](NC(=O)[C@@H](N)CC(=O)O)[C@@H](C)CC)[C@@H](C)O)C(C)C)C(=O)N[C@@H](Cc1ccccc1)C(=O)O. The molecular weight excluding hydrogens is 1080 g/mol. The molecule has 10 amide bonds. The van der Waals surface area contributed by atoms with Crippen LogP contribution in [0.3, 0.4) is 0 Å². The van der Waals surface area contributed by atoms with Gasteiger partial charge in [0.15, 0.2) is 0 Å². The van der Waals surface area contributed by atoms with Crippen LogP contribution in [0.25, 0.3) is 0 Å². The van der Waals surface area contributed by atoms with Crippen molar-refractivity contribution in [1.82, 2.24) is 47.4 Å². The Balaban J connectivity index is 2.38. The van der Waals surface area contributed by atoms with E-state index in [-0.39, 0.29) is 58.2 Å². The van der Waals surface area contributed by atoms with Crippen LogP contribution < -0.4 is 65.5 Å². The first-order valence-corrected chi connectivity index (χ1v) is 28.5. The molecule has 1 aliphatic heterocycles. The molecule has 0 radical (unpaired) electrons. The molecule has 0 unspecified atom stereocenters. The predicted molar refractivity (Wildman–Crippen MR) is 303 cm³/mol. The Morgan fingerprint density at radius 3 is 1.54 bits per heavy atom. The zero-order chi connectivity index (χ0) is 62.7. The molecule has 1 heterocycles. The van der Waals surface area contributed by atoms with Crippen molar-refractivity contribution >= 4 is 71.0 Å². The number of hydrogen-bond acceptors (Lipinski definition) is 16. The quantitative estimate of drug-likeness (QED) is 0.0298. The molecule has 0 saturated carbocycles. The number of hydrogen-bond donors (Lipinski definition) is 15. The van der Waals surface area contributed by atoms with Gasteiger partial charge in [-0.2, -0.15) is 0 Å². The summed E-state index contributed by atoms with van der Waals surface area (Å²) >= 11 is 0. The number of amides is 10. The molecule has 1 aromatic carbocycles. The number of nitrogens with two attached hydrogens (primary N) is 4. The molecule has 28 nitrogen and oxygen atoms in total. The summed E-state index contributed by atoms with van der Waals surface area (Å²) < 4.78 is 0. The summed E-state index contributed by atoms with van der Waals surface area (Å²) in [5.41, 5.74) is 23.4. The van der Waals surface area contributed by atoms with E-state index in [2.05, 4.69) is 42.5 Å². The lowest BCUT2D eigenvalue weighted by molar-refractivity contribution is -0.143. The first-order chi connectivity index (χ1) is 39.1. The summed E-state index contributed by atoms with van der Waals surface area (Å²) in [5.74, 6) is -13.3. The highest BCUT2D eigenvalue weighted by Gasteiger charge is 2.42. The number of unbranched alkanes of at least 4 members (excludes halogenated alkanes) is 2. The number of carbonyl (C=O) groups excluding carboxylic acids is 10. The third-order valence-electron chi connectivity index (χ3n) is 14.5. The Kier molecular flexibility index (Phi) is 31.4. The van der Waals surface area contributed by atoms with Crippen molar-refractivity contribution in [1.29, 1.82) is 0 Å². The fourth-order valence-corrected chi connectivity index (χ4v) is 9.16. The van der Waals surface area contributed by atoms with Crippen LogP contribution in [0.4, 0.5) is 0 Å². The number of aliphatic hydroxyl groups excluding tert-OH is 1. The van der Waals surface area contributed by atoms with Gasteiger partial charge in [0.05, 0.1) is 25.0 Å². The average Bonchev–Trinajstić information content (AvgIpc) is 3.97. The minimum absolute atomic E-state index is 0.0228. The second-order valence-corrected chi connectivity index (χ2v) is 21.6. The normalized spacial score (nSPS) is 17.4. The maximum Gasteiger partial charge on any atom is 0.326 e. The highest BCUT2D eigenvalue weighted by Crippen LogP contribution is 2.22. The maximum atomic E-state index is 14.6.